The number of likely N-dealkylation sites (tertiary alicyclic amines) is 1. The molecule has 284 valence electrons. The summed E-state index contributed by atoms with van der Waals surface area (Å²) in [4.78, 5) is 36.6. The number of nitrogens with zero attached hydrogens (tertiary/aromatic N) is 5. The summed E-state index contributed by atoms with van der Waals surface area (Å²) < 4.78 is 59.2. The van der Waals surface area contributed by atoms with Crippen LogP contribution < -0.4 is 20.1 Å². The van der Waals surface area contributed by atoms with E-state index < -0.39 is 23.2 Å². The second-order valence-electron chi connectivity index (χ2n) is 13.7. The fraction of sp³-hybridized carbons (Fsp3) is 0.342. The molecule has 5 aromatic rings. The van der Waals surface area contributed by atoms with Gasteiger partial charge in [0.05, 0.1) is 40.3 Å². The number of fused-ring (bicyclic) bond motifs is 1. The van der Waals surface area contributed by atoms with Crippen molar-refractivity contribution in [3.05, 3.63) is 87.3 Å². The minimum absolute atomic E-state index is 0.182. The molecule has 0 unspecified atom stereocenters. The zero-order chi connectivity index (χ0) is 38.8. The quantitative estimate of drug-likeness (QED) is 0.140. The van der Waals surface area contributed by atoms with Gasteiger partial charge < -0.3 is 29.7 Å². The SMILES string of the molecule is COc1ccc(CNc2ncc(I)c3c2c(-c2ccc(C(=O)Nc4cc(C(F)(F)F)ccn4)cc2)nn3[C@@H]2CCCN(C(=O)OC(C)(C)C)C2)c(OC)c1. The molecule has 0 radical (unpaired) electrons. The molecule has 12 nitrogen and oxygen atoms in total. The van der Waals surface area contributed by atoms with E-state index in [0.29, 0.717) is 48.2 Å². The van der Waals surface area contributed by atoms with Gasteiger partial charge in [0.15, 0.2) is 0 Å². The molecule has 16 heteroatoms. The number of carbonyl (C=O) groups is 2. The number of amides is 2. The first-order valence-corrected chi connectivity index (χ1v) is 18.2. The molecule has 1 fully saturated rings. The standard InChI is InChI=1S/C38H39F3IN7O5/c1-37(2,3)54-36(51)48-16-6-7-26(21-48)49-33-28(42)20-45-34(44-19-24-12-13-27(52-4)18-29(24)53-5)31(33)32(47-49)22-8-10-23(11-9-22)35(50)46-30-17-25(14-15-43-30)38(39,40)41/h8-15,17-18,20,26H,6-7,16,19,21H2,1-5H3,(H,44,45)(H,43,46,50)/t26-/m1/s1. The van der Waals surface area contributed by atoms with Gasteiger partial charge in [0.2, 0.25) is 0 Å². The van der Waals surface area contributed by atoms with Crippen LogP contribution in [0.3, 0.4) is 0 Å². The van der Waals surface area contributed by atoms with Crippen molar-refractivity contribution in [3.63, 3.8) is 0 Å². The topological polar surface area (TPSA) is 133 Å². The van der Waals surface area contributed by atoms with Crippen LogP contribution in [0.4, 0.5) is 29.6 Å². The lowest BCUT2D eigenvalue weighted by atomic mass is 10.0. The highest BCUT2D eigenvalue weighted by atomic mass is 127. The molecule has 54 heavy (non-hydrogen) atoms. The summed E-state index contributed by atoms with van der Waals surface area (Å²) >= 11 is 2.24. The van der Waals surface area contributed by atoms with Crippen molar-refractivity contribution >= 4 is 57.1 Å². The molecule has 1 atom stereocenters. The van der Waals surface area contributed by atoms with Gasteiger partial charge >= 0.3 is 12.3 Å². The van der Waals surface area contributed by atoms with Crippen molar-refractivity contribution in [2.45, 2.75) is 58.0 Å². The zero-order valence-electron chi connectivity index (χ0n) is 30.3. The van der Waals surface area contributed by atoms with Gasteiger partial charge in [-0.2, -0.15) is 18.3 Å². The molecule has 2 N–H and O–H groups in total. The summed E-state index contributed by atoms with van der Waals surface area (Å²) in [7, 11) is 3.18. The lowest BCUT2D eigenvalue weighted by Crippen LogP contribution is -2.43. The third-order valence-corrected chi connectivity index (χ3v) is 9.55. The van der Waals surface area contributed by atoms with E-state index in [1.165, 1.54) is 0 Å². The maximum absolute atomic E-state index is 13.2. The number of halogens is 4. The average Bonchev–Trinajstić information content (AvgIpc) is 3.55. The van der Waals surface area contributed by atoms with Crippen LogP contribution in [-0.4, -0.2) is 69.6 Å². The van der Waals surface area contributed by atoms with Gasteiger partial charge in [0.25, 0.3) is 5.91 Å². The number of pyridine rings is 2. The van der Waals surface area contributed by atoms with Gasteiger partial charge in [-0.3, -0.25) is 9.48 Å². The van der Waals surface area contributed by atoms with Crippen molar-refractivity contribution in [2.75, 3.05) is 37.9 Å². The monoisotopic (exact) mass is 857 g/mol. The van der Waals surface area contributed by atoms with Crippen LogP contribution in [0.15, 0.2) is 67.0 Å². The number of ether oxygens (including phenoxy) is 3. The number of nitrogens with one attached hydrogen (secondary N) is 2. The Hall–Kier alpha value is -5.13. The number of aromatic nitrogens is 4. The molecular formula is C38H39F3IN7O5. The third-order valence-electron chi connectivity index (χ3n) is 8.76. The van der Waals surface area contributed by atoms with Gasteiger partial charge in [-0.05, 0) is 92.6 Å². The van der Waals surface area contributed by atoms with Crippen molar-refractivity contribution in [1.29, 1.82) is 0 Å². The van der Waals surface area contributed by atoms with Crippen molar-refractivity contribution in [2.24, 2.45) is 0 Å². The minimum atomic E-state index is -4.58. The Morgan fingerprint density at radius 1 is 1.00 bits per heavy atom. The number of rotatable bonds is 9. The average molecular weight is 858 g/mol. The van der Waals surface area contributed by atoms with E-state index in [2.05, 4.69) is 38.2 Å². The summed E-state index contributed by atoms with van der Waals surface area (Å²) in [6.07, 6.45) is -0.693. The van der Waals surface area contributed by atoms with Gasteiger partial charge in [-0.1, -0.05) is 12.1 Å². The fourth-order valence-electron chi connectivity index (χ4n) is 6.20. The molecule has 2 amide bonds. The van der Waals surface area contributed by atoms with Crippen molar-refractivity contribution in [1.82, 2.24) is 24.6 Å². The molecule has 0 aliphatic carbocycles. The number of hydrogen-bond donors (Lipinski definition) is 2. The Morgan fingerprint density at radius 2 is 1.76 bits per heavy atom. The highest BCUT2D eigenvalue weighted by Crippen LogP contribution is 2.39. The maximum Gasteiger partial charge on any atom is 0.416 e. The molecule has 2 aromatic carbocycles. The van der Waals surface area contributed by atoms with Gasteiger partial charge in [-0.15, -0.1) is 0 Å². The van der Waals surface area contributed by atoms with Gasteiger partial charge in [0.1, 0.15) is 34.4 Å². The van der Waals surface area contributed by atoms with E-state index >= 15 is 0 Å². The third kappa shape index (κ3) is 8.63. The largest absolute Gasteiger partial charge is 0.497 e. The molecular weight excluding hydrogens is 818 g/mol. The number of piperidine rings is 1. The number of carbonyl (C=O) groups excluding carboxylic acids is 2. The van der Waals surface area contributed by atoms with Crippen molar-refractivity contribution < 1.29 is 37.0 Å². The highest BCUT2D eigenvalue weighted by Gasteiger charge is 2.32. The number of benzene rings is 2. The molecule has 6 rings (SSSR count). The molecule has 0 spiro atoms. The summed E-state index contributed by atoms with van der Waals surface area (Å²) in [6.45, 7) is 6.82. The van der Waals surface area contributed by atoms with E-state index in [-0.39, 0.29) is 23.5 Å². The smallest absolute Gasteiger partial charge is 0.416 e. The van der Waals surface area contributed by atoms with Crippen LogP contribution in [0.5, 0.6) is 11.5 Å². The number of alkyl halides is 3. The van der Waals surface area contributed by atoms with E-state index in [9.17, 15) is 22.8 Å². The first-order chi connectivity index (χ1) is 25.6. The van der Waals surface area contributed by atoms with E-state index in [0.717, 1.165) is 51.2 Å². The predicted octanol–water partition coefficient (Wildman–Crippen LogP) is 8.57. The van der Waals surface area contributed by atoms with Crippen LogP contribution in [0.1, 0.15) is 61.1 Å². The van der Waals surface area contributed by atoms with Crippen LogP contribution >= 0.6 is 22.6 Å². The molecule has 3 aromatic heterocycles. The summed E-state index contributed by atoms with van der Waals surface area (Å²) in [5, 5.41) is 11.8. The van der Waals surface area contributed by atoms with Crippen LogP contribution in [0, 0.1) is 3.57 Å². The predicted molar refractivity (Wildman–Crippen MR) is 206 cm³/mol. The second kappa shape index (κ2) is 15.7. The fourth-order valence-corrected chi connectivity index (χ4v) is 6.86. The summed E-state index contributed by atoms with van der Waals surface area (Å²) in [6, 6.07) is 13.6. The summed E-state index contributed by atoms with van der Waals surface area (Å²) in [5.74, 6) is 1.01. The minimum Gasteiger partial charge on any atom is -0.497 e. The molecule has 1 aliphatic rings. The van der Waals surface area contributed by atoms with Crippen LogP contribution in [0.25, 0.3) is 22.2 Å². The van der Waals surface area contributed by atoms with Gasteiger partial charge in [-0.25, -0.2) is 14.8 Å². The first-order valence-electron chi connectivity index (χ1n) is 17.1. The van der Waals surface area contributed by atoms with Crippen LogP contribution in [0.2, 0.25) is 0 Å². The normalized spacial score (nSPS) is 14.8. The first kappa shape index (κ1) is 38.6. The highest BCUT2D eigenvalue weighted by molar-refractivity contribution is 14.1. The Kier molecular flexibility index (Phi) is 11.2. The second-order valence-corrected chi connectivity index (χ2v) is 14.8. The lowest BCUT2D eigenvalue weighted by molar-refractivity contribution is -0.137. The lowest BCUT2D eigenvalue weighted by Gasteiger charge is -2.34. The summed E-state index contributed by atoms with van der Waals surface area (Å²) in [5.41, 5.74) is 1.58. The Morgan fingerprint density at radius 3 is 2.44 bits per heavy atom. The van der Waals surface area contributed by atoms with Crippen LogP contribution in [-0.2, 0) is 17.5 Å². The van der Waals surface area contributed by atoms with Crippen molar-refractivity contribution in [3.8, 4) is 22.8 Å². The van der Waals surface area contributed by atoms with Gasteiger partial charge in [0, 0.05) is 54.8 Å². The Balaban J connectivity index is 1.37. The Bertz CT molecular complexity index is 2170. The molecule has 1 saturated heterocycles. The Labute approximate surface area is 323 Å². The maximum atomic E-state index is 13.2. The number of methoxy groups -OCH3 is 2. The molecule has 0 bridgehead atoms. The van der Waals surface area contributed by atoms with E-state index in [1.807, 2.05) is 37.6 Å². The molecule has 0 saturated carbocycles. The zero-order valence-corrected chi connectivity index (χ0v) is 32.4. The van der Waals surface area contributed by atoms with E-state index in [1.54, 1.807) is 55.6 Å². The van der Waals surface area contributed by atoms with E-state index in [4.69, 9.17) is 24.3 Å². The molecule has 1 aliphatic heterocycles. The number of hydrogen-bond acceptors (Lipinski definition) is 9. The molecule has 4 heterocycles. The number of anilines is 2.